The number of nitrogens with zero attached hydrogens (tertiary/aromatic N) is 2. The van der Waals surface area contributed by atoms with Crippen molar-refractivity contribution in [2.24, 2.45) is 0 Å². The molecule has 0 spiro atoms. The van der Waals surface area contributed by atoms with Crippen LogP contribution in [0.5, 0.6) is 5.75 Å². The fraction of sp³-hybridized carbons (Fsp3) is 0.545. The van der Waals surface area contributed by atoms with Crippen molar-refractivity contribution >= 4 is 11.6 Å². The molecule has 0 atom stereocenters. The van der Waals surface area contributed by atoms with Crippen LogP contribution in [0.25, 0.3) is 0 Å². The molecule has 5 heteroatoms. The molecule has 0 aromatic carbocycles. The summed E-state index contributed by atoms with van der Waals surface area (Å²) < 4.78 is 5.07. The molecule has 1 aromatic rings. The zero-order chi connectivity index (χ0) is 11.4. The number of methoxy groups -OCH3 is 1. The Bertz CT molecular complexity index is 353. The van der Waals surface area contributed by atoms with Gasteiger partial charge in [-0.1, -0.05) is 11.6 Å². The summed E-state index contributed by atoms with van der Waals surface area (Å²) >= 11 is 6.14. The second-order valence-corrected chi connectivity index (χ2v) is 4.24. The zero-order valence-corrected chi connectivity index (χ0v) is 10.1. The molecule has 0 saturated carbocycles. The van der Waals surface area contributed by atoms with Gasteiger partial charge in [-0.2, -0.15) is 0 Å². The van der Waals surface area contributed by atoms with Gasteiger partial charge in [0, 0.05) is 38.8 Å². The van der Waals surface area contributed by atoms with Crippen LogP contribution in [-0.4, -0.2) is 43.2 Å². The second kappa shape index (κ2) is 5.48. The summed E-state index contributed by atoms with van der Waals surface area (Å²) in [7, 11) is 1.61. The maximum absolute atomic E-state index is 6.14. The number of aromatic nitrogens is 1. The topological polar surface area (TPSA) is 37.4 Å². The predicted molar refractivity (Wildman–Crippen MR) is 63.9 cm³/mol. The first-order chi connectivity index (χ1) is 7.79. The van der Waals surface area contributed by atoms with E-state index >= 15 is 0 Å². The van der Waals surface area contributed by atoms with Crippen LogP contribution in [-0.2, 0) is 6.54 Å². The van der Waals surface area contributed by atoms with Crippen molar-refractivity contribution in [3.63, 3.8) is 0 Å². The van der Waals surface area contributed by atoms with E-state index in [0.717, 1.165) is 38.4 Å². The van der Waals surface area contributed by atoms with E-state index in [0.29, 0.717) is 10.8 Å². The maximum atomic E-state index is 6.14. The number of ether oxygens (including phenoxy) is 1. The molecule has 16 heavy (non-hydrogen) atoms. The molecule has 1 saturated heterocycles. The minimum Gasteiger partial charge on any atom is -0.495 e. The molecule has 88 valence electrons. The molecule has 1 aliphatic heterocycles. The number of hydrogen-bond donors (Lipinski definition) is 1. The lowest BCUT2D eigenvalue weighted by molar-refractivity contribution is 0.230. The van der Waals surface area contributed by atoms with Gasteiger partial charge in [-0.3, -0.25) is 9.88 Å². The molecule has 2 heterocycles. The summed E-state index contributed by atoms with van der Waals surface area (Å²) in [4.78, 5) is 6.67. The Kier molecular flexibility index (Phi) is 3.98. The first-order valence-corrected chi connectivity index (χ1v) is 5.79. The highest BCUT2D eigenvalue weighted by atomic mass is 35.5. The Morgan fingerprint density at radius 3 is 2.88 bits per heavy atom. The van der Waals surface area contributed by atoms with Crippen molar-refractivity contribution in [2.45, 2.75) is 6.54 Å². The van der Waals surface area contributed by atoms with E-state index in [2.05, 4.69) is 15.2 Å². The number of piperazine rings is 1. The van der Waals surface area contributed by atoms with Crippen LogP contribution in [0.1, 0.15) is 5.69 Å². The Balaban J connectivity index is 2.03. The van der Waals surface area contributed by atoms with E-state index < -0.39 is 0 Å². The van der Waals surface area contributed by atoms with Gasteiger partial charge < -0.3 is 10.1 Å². The molecule has 1 N–H and O–H groups in total. The fourth-order valence-corrected chi connectivity index (χ4v) is 1.97. The van der Waals surface area contributed by atoms with Crippen LogP contribution in [0, 0.1) is 0 Å². The molecular weight excluding hydrogens is 226 g/mol. The quantitative estimate of drug-likeness (QED) is 0.862. The van der Waals surface area contributed by atoms with Crippen LogP contribution < -0.4 is 10.1 Å². The van der Waals surface area contributed by atoms with Crippen molar-refractivity contribution in [2.75, 3.05) is 33.3 Å². The van der Waals surface area contributed by atoms with Crippen LogP contribution in [0.4, 0.5) is 0 Å². The third-order valence-electron chi connectivity index (χ3n) is 2.71. The Morgan fingerprint density at radius 1 is 1.50 bits per heavy atom. The van der Waals surface area contributed by atoms with Gasteiger partial charge >= 0.3 is 0 Å². The van der Waals surface area contributed by atoms with Crippen molar-refractivity contribution < 1.29 is 4.74 Å². The molecule has 0 aliphatic carbocycles. The molecule has 1 aliphatic rings. The molecular formula is C11H16ClN3O. The predicted octanol–water partition coefficient (Wildman–Crippen LogP) is 1.15. The van der Waals surface area contributed by atoms with Gasteiger partial charge in [-0.05, 0) is 0 Å². The number of halogens is 1. The Labute approximate surface area is 101 Å². The summed E-state index contributed by atoms with van der Waals surface area (Å²) in [6, 6.07) is 1.81. The molecule has 0 unspecified atom stereocenters. The summed E-state index contributed by atoms with van der Waals surface area (Å²) in [5.41, 5.74) is 0.921. The van der Waals surface area contributed by atoms with E-state index in [9.17, 15) is 0 Å². The number of pyridine rings is 1. The zero-order valence-electron chi connectivity index (χ0n) is 9.37. The molecule has 4 nitrogen and oxygen atoms in total. The highest BCUT2D eigenvalue weighted by molar-refractivity contribution is 6.31. The van der Waals surface area contributed by atoms with Crippen LogP contribution in [0.3, 0.4) is 0 Å². The molecule has 2 rings (SSSR count). The minimum absolute atomic E-state index is 0.679. The SMILES string of the molecule is COc1cnc(CN2CCNCC2)c(Cl)c1. The van der Waals surface area contributed by atoms with Gasteiger partial charge in [0.25, 0.3) is 0 Å². The third kappa shape index (κ3) is 2.84. The van der Waals surface area contributed by atoms with Crippen LogP contribution >= 0.6 is 11.6 Å². The average Bonchev–Trinajstić information content (AvgIpc) is 2.33. The highest BCUT2D eigenvalue weighted by Crippen LogP contribution is 2.21. The highest BCUT2D eigenvalue weighted by Gasteiger charge is 2.12. The number of rotatable bonds is 3. The standard InChI is InChI=1S/C11H16ClN3O/c1-16-9-6-10(12)11(14-7-9)8-15-4-2-13-3-5-15/h6-7,13H,2-5,8H2,1H3. The van der Waals surface area contributed by atoms with E-state index in [4.69, 9.17) is 16.3 Å². The van der Waals surface area contributed by atoms with Crippen LogP contribution in [0.15, 0.2) is 12.3 Å². The summed E-state index contributed by atoms with van der Waals surface area (Å²) in [5, 5.41) is 4.00. The van der Waals surface area contributed by atoms with E-state index in [1.54, 1.807) is 13.3 Å². The maximum Gasteiger partial charge on any atom is 0.138 e. The lowest BCUT2D eigenvalue weighted by Gasteiger charge is -2.27. The number of hydrogen-bond acceptors (Lipinski definition) is 4. The fourth-order valence-electron chi connectivity index (χ4n) is 1.76. The second-order valence-electron chi connectivity index (χ2n) is 3.83. The normalized spacial score (nSPS) is 17.4. The minimum atomic E-state index is 0.679. The van der Waals surface area contributed by atoms with Crippen molar-refractivity contribution in [1.29, 1.82) is 0 Å². The van der Waals surface area contributed by atoms with Gasteiger partial charge in [-0.15, -0.1) is 0 Å². The lowest BCUT2D eigenvalue weighted by Crippen LogP contribution is -2.43. The first-order valence-electron chi connectivity index (χ1n) is 5.41. The van der Waals surface area contributed by atoms with Gasteiger partial charge in [0.15, 0.2) is 0 Å². The Hall–Kier alpha value is -0.840. The van der Waals surface area contributed by atoms with Crippen molar-refractivity contribution in [3.05, 3.63) is 23.0 Å². The average molecular weight is 242 g/mol. The molecule has 1 aromatic heterocycles. The van der Waals surface area contributed by atoms with E-state index in [1.807, 2.05) is 6.07 Å². The van der Waals surface area contributed by atoms with Gasteiger partial charge in [0.1, 0.15) is 5.75 Å². The molecule has 1 fully saturated rings. The summed E-state index contributed by atoms with van der Waals surface area (Å²) in [6.45, 7) is 4.97. The molecule has 0 bridgehead atoms. The van der Waals surface area contributed by atoms with Gasteiger partial charge in [-0.25, -0.2) is 0 Å². The van der Waals surface area contributed by atoms with Crippen LogP contribution in [0.2, 0.25) is 5.02 Å². The molecule has 0 amide bonds. The summed E-state index contributed by atoms with van der Waals surface area (Å²) in [6.07, 6.45) is 1.71. The largest absolute Gasteiger partial charge is 0.495 e. The third-order valence-corrected chi connectivity index (χ3v) is 3.04. The summed E-state index contributed by atoms with van der Waals surface area (Å²) in [5.74, 6) is 0.703. The van der Waals surface area contributed by atoms with Crippen molar-refractivity contribution in [1.82, 2.24) is 15.2 Å². The Morgan fingerprint density at radius 2 is 2.25 bits per heavy atom. The lowest BCUT2D eigenvalue weighted by atomic mass is 10.3. The van der Waals surface area contributed by atoms with Gasteiger partial charge in [0.05, 0.1) is 24.0 Å². The monoisotopic (exact) mass is 241 g/mol. The first kappa shape index (κ1) is 11.6. The smallest absolute Gasteiger partial charge is 0.138 e. The number of nitrogens with one attached hydrogen (secondary N) is 1. The van der Waals surface area contributed by atoms with Crippen molar-refractivity contribution in [3.8, 4) is 5.75 Å². The van der Waals surface area contributed by atoms with Gasteiger partial charge in [0.2, 0.25) is 0 Å². The molecule has 0 radical (unpaired) electrons. The van der Waals surface area contributed by atoms with E-state index in [-0.39, 0.29) is 0 Å². The van der Waals surface area contributed by atoms with E-state index in [1.165, 1.54) is 0 Å².